The molecule has 1 aromatic carbocycles. The fourth-order valence-corrected chi connectivity index (χ4v) is 3.56. The van der Waals surface area contributed by atoms with Crippen LogP contribution >= 0.6 is 0 Å². The summed E-state index contributed by atoms with van der Waals surface area (Å²) in [6.07, 6.45) is 6.08. The number of hydrogen-bond acceptors (Lipinski definition) is 2. The predicted molar refractivity (Wildman–Crippen MR) is 80.5 cm³/mol. The van der Waals surface area contributed by atoms with Crippen LogP contribution in [-0.4, -0.2) is 29.9 Å². The van der Waals surface area contributed by atoms with Crippen LogP contribution in [0.3, 0.4) is 0 Å². The van der Waals surface area contributed by atoms with Crippen molar-refractivity contribution in [2.24, 2.45) is 0 Å². The maximum absolute atomic E-state index is 11.4. The van der Waals surface area contributed by atoms with Crippen molar-refractivity contribution < 1.29 is 4.79 Å². The van der Waals surface area contributed by atoms with Gasteiger partial charge in [-0.1, -0.05) is 30.7 Å². The number of fused-ring (bicyclic) bond motifs is 1. The van der Waals surface area contributed by atoms with Gasteiger partial charge in [-0.2, -0.15) is 0 Å². The van der Waals surface area contributed by atoms with Crippen molar-refractivity contribution in [2.45, 2.75) is 51.1 Å². The monoisotopic (exact) mass is 272 g/mol. The third-order valence-corrected chi connectivity index (χ3v) is 4.69. The second kappa shape index (κ2) is 5.96. The normalized spacial score (nSPS) is 26.1. The van der Waals surface area contributed by atoms with Crippen LogP contribution in [0.1, 0.15) is 49.8 Å². The lowest BCUT2D eigenvalue weighted by atomic mass is 9.98. The van der Waals surface area contributed by atoms with Gasteiger partial charge in [0.1, 0.15) is 0 Å². The number of rotatable bonds is 2. The summed E-state index contributed by atoms with van der Waals surface area (Å²) < 4.78 is 0. The van der Waals surface area contributed by atoms with Gasteiger partial charge in [-0.3, -0.25) is 4.79 Å². The van der Waals surface area contributed by atoms with Gasteiger partial charge in [-0.25, -0.2) is 0 Å². The third kappa shape index (κ3) is 2.88. The molecule has 1 saturated heterocycles. The minimum atomic E-state index is 0.204. The van der Waals surface area contributed by atoms with Gasteiger partial charge < -0.3 is 10.2 Å². The number of nitrogens with zero attached hydrogens (tertiary/aromatic N) is 1. The highest BCUT2D eigenvalue weighted by atomic mass is 16.2. The molecule has 0 aromatic heterocycles. The van der Waals surface area contributed by atoms with Crippen LogP contribution in [0.15, 0.2) is 24.3 Å². The molecule has 108 valence electrons. The van der Waals surface area contributed by atoms with Gasteiger partial charge in [0.25, 0.3) is 0 Å². The van der Waals surface area contributed by atoms with Crippen LogP contribution in [0.5, 0.6) is 0 Å². The molecule has 3 rings (SSSR count). The van der Waals surface area contributed by atoms with Crippen LogP contribution in [0, 0.1) is 0 Å². The minimum absolute atomic E-state index is 0.204. The summed E-state index contributed by atoms with van der Waals surface area (Å²) in [5.41, 5.74) is 2.98. The lowest BCUT2D eigenvalue weighted by Gasteiger charge is -2.24. The quantitative estimate of drug-likeness (QED) is 0.840. The molecule has 0 bridgehead atoms. The highest BCUT2D eigenvalue weighted by molar-refractivity contribution is 5.73. The summed E-state index contributed by atoms with van der Waals surface area (Å²) in [6.45, 7) is 3.44. The summed E-state index contributed by atoms with van der Waals surface area (Å²) in [7, 11) is 0. The molecule has 1 aliphatic carbocycles. The number of carbonyl (C=O) groups excluding carboxylic acids is 1. The zero-order valence-corrected chi connectivity index (χ0v) is 12.3. The first-order chi connectivity index (χ1) is 9.74. The van der Waals surface area contributed by atoms with Crippen molar-refractivity contribution >= 4 is 5.91 Å². The Kier molecular flexibility index (Phi) is 4.06. The van der Waals surface area contributed by atoms with Crippen LogP contribution in [0.2, 0.25) is 0 Å². The van der Waals surface area contributed by atoms with E-state index in [1.165, 1.54) is 36.8 Å². The van der Waals surface area contributed by atoms with Crippen molar-refractivity contribution in [3.05, 3.63) is 35.4 Å². The molecule has 0 spiro atoms. The smallest absolute Gasteiger partial charge is 0.219 e. The lowest BCUT2D eigenvalue weighted by molar-refractivity contribution is -0.127. The Morgan fingerprint density at radius 1 is 1.25 bits per heavy atom. The summed E-state index contributed by atoms with van der Waals surface area (Å²) in [5, 5.41) is 3.80. The average molecular weight is 272 g/mol. The van der Waals surface area contributed by atoms with Gasteiger partial charge in [-0.05, 0) is 36.8 Å². The fourth-order valence-electron chi connectivity index (χ4n) is 3.56. The molecule has 2 unspecified atom stereocenters. The zero-order valence-electron chi connectivity index (χ0n) is 12.3. The van der Waals surface area contributed by atoms with Gasteiger partial charge in [0.2, 0.25) is 5.91 Å². The molecular weight excluding hydrogens is 248 g/mol. The molecule has 20 heavy (non-hydrogen) atoms. The number of carbonyl (C=O) groups is 1. The molecule has 1 fully saturated rings. The van der Waals surface area contributed by atoms with E-state index in [1.807, 2.05) is 4.90 Å². The summed E-state index contributed by atoms with van der Waals surface area (Å²) >= 11 is 0. The van der Waals surface area contributed by atoms with Gasteiger partial charge in [-0.15, -0.1) is 0 Å². The maximum Gasteiger partial charge on any atom is 0.219 e. The molecule has 0 saturated carbocycles. The molecule has 3 heteroatoms. The van der Waals surface area contributed by atoms with E-state index in [0.717, 1.165) is 19.5 Å². The van der Waals surface area contributed by atoms with Crippen LogP contribution in [0.25, 0.3) is 0 Å². The fraction of sp³-hybridized carbons (Fsp3) is 0.588. The molecule has 2 aliphatic rings. The summed E-state index contributed by atoms with van der Waals surface area (Å²) in [5.74, 6) is 0.204. The van der Waals surface area contributed by atoms with Crippen molar-refractivity contribution in [3.63, 3.8) is 0 Å². The van der Waals surface area contributed by atoms with E-state index in [0.29, 0.717) is 12.1 Å². The molecule has 1 N–H and O–H groups in total. The highest BCUT2D eigenvalue weighted by Crippen LogP contribution is 2.29. The van der Waals surface area contributed by atoms with Crippen LogP contribution < -0.4 is 5.32 Å². The Labute approximate surface area is 121 Å². The Morgan fingerprint density at radius 3 is 2.90 bits per heavy atom. The van der Waals surface area contributed by atoms with E-state index in [2.05, 4.69) is 29.6 Å². The number of likely N-dealkylation sites (tertiary alicyclic amines) is 1. The molecule has 3 nitrogen and oxygen atoms in total. The van der Waals surface area contributed by atoms with Crippen LogP contribution in [0.4, 0.5) is 0 Å². The molecule has 0 radical (unpaired) electrons. The van der Waals surface area contributed by atoms with Gasteiger partial charge >= 0.3 is 0 Å². The van der Waals surface area contributed by atoms with E-state index in [4.69, 9.17) is 0 Å². The topological polar surface area (TPSA) is 32.3 Å². The minimum Gasteiger partial charge on any atom is -0.341 e. The molecule has 2 atom stereocenters. The third-order valence-electron chi connectivity index (χ3n) is 4.69. The lowest BCUT2D eigenvalue weighted by Crippen LogP contribution is -2.36. The van der Waals surface area contributed by atoms with Gasteiger partial charge in [0.15, 0.2) is 0 Å². The number of amides is 1. The van der Waals surface area contributed by atoms with Crippen molar-refractivity contribution in [2.75, 3.05) is 13.1 Å². The SMILES string of the molecule is CC(=O)N1CCC(NC2CCCCc3ccccc32)C1. The van der Waals surface area contributed by atoms with Crippen molar-refractivity contribution in [1.82, 2.24) is 10.2 Å². The Bertz CT molecular complexity index is 486. The standard InChI is InChI=1S/C17H24N2O/c1-13(20)19-11-10-15(12-19)18-17-9-5-3-7-14-6-2-4-8-16(14)17/h2,4,6,8,15,17-18H,3,5,7,9-12H2,1H3. The molecule has 1 aromatic rings. The zero-order chi connectivity index (χ0) is 13.9. The Morgan fingerprint density at radius 2 is 2.10 bits per heavy atom. The number of benzene rings is 1. The highest BCUT2D eigenvalue weighted by Gasteiger charge is 2.27. The summed E-state index contributed by atoms with van der Waals surface area (Å²) in [4.78, 5) is 13.4. The Balaban J connectivity index is 1.70. The molecule has 1 amide bonds. The predicted octanol–water partition coefficient (Wildman–Crippen LogP) is 2.66. The second-order valence-electron chi connectivity index (χ2n) is 6.11. The first-order valence-corrected chi connectivity index (χ1v) is 7.83. The van der Waals surface area contributed by atoms with E-state index in [9.17, 15) is 4.79 Å². The van der Waals surface area contributed by atoms with Crippen LogP contribution in [-0.2, 0) is 11.2 Å². The van der Waals surface area contributed by atoms with Gasteiger partial charge in [0.05, 0.1) is 0 Å². The maximum atomic E-state index is 11.4. The number of hydrogen-bond donors (Lipinski definition) is 1. The number of nitrogens with one attached hydrogen (secondary N) is 1. The summed E-state index contributed by atoms with van der Waals surface area (Å²) in [6, 6.07) is 9.76. The second-order valence-corrected chi connectivity index (χ2v) is 6.11. The van der Waals surface area contributed by atoms with Gasteiger partial charge in [0, 0.05) is 32.1 Å². The van der Waals surface area contributed by atoms with E-state index in [-0.39, 0.29) is 5.91 Å². The number of aryl methyl sites for hydroxylation is 1. The largest absolute Gasteiger partial charge is 0.341 e. The van der Waals surface area contributed by atoms with Crippen molar-refractivity contribution in [3.8, 4) is 0 Å². The average Bonchev–Trinajstić information content (AvgIpc) is 2.82. The first-order valence-electron chi connectivity index (χ1n) is 7.83. The first kappa shape index (κ1) is 13.6. The van der Waals surface area contributed by atoms with E-state index in [1.54, 1.807) is 6.92 Å². The molecular formula is C17H24N2O. The Hall–Kier alpha value is -1.35. The van der Waals surface area contributed by atoms with E-state index >= 15 is 0 Å². The molecule has 1 aliphatic heterocycles. The molecule has 1 heterocycles. The van der Waals surface area contributed by atoms with E-state index < -0.39 is 0 Å². The van der Waals surface area contributed by atoms with Crippen molar-refractivity contribution in [1.29, 1.82) is 0 Å².